The Labute approximate surface area is 167 Å². The molecular formula is C20H23FN6O2. The standard InChI is InChI=1S/C20H23FN6O2/c21-15-5-3-14(4-6-15)12-22-17-7-8-18-24-25-19(27(18)26-17)9-10-20(28)23-13-16-2-1-11-29-16/h3-8,16H,1-2,9-13H2,(H,22,26)(H,23,28)/t16-/m1/s1. The molecule has 29 heavy (non-hydrogen) atoms. The Morgan fingerprint density at radius 2 is 2.07 bits per heavy atom. The Balaban J connectivity index is 1.33. The van der Waals surface area contributed by atoms with Gasteiger partial charge in [-0.3, -0.25) is 4.79 Å². The van der Waals surface area contributed by atoms with Gasteiger partial charge in [0.2, 0.25) is 5.91 Å². The van der Waals surface area contributed by atoms with Crippen molar-refractivity contribution < 1.29 is 13.9 Å². The molecular weight excluding hydrogens is 375 g/mol. The Bertz CT molecular complexity index is 969. The molecule has 8 nitrogen and oxygen atoms in total. The number of nitrogens with one attached hydrogen (secondary N) is 2. The van der Waals surface area contributed by atoms with E-state index in [1.807, 2.05) is 12.1 Å². The SMILES string of the molecule is O=C(CCc1nnc2ccc(NCc3ccc(F)cc3)nn12)NC[C@H]1CCCO1. The summed E-state index contributed by atoms with van der Waals surface area (Å²) in [6.07, 6.45) is 2.92. The van der Waals surface area contributed by atoms with Crippen molar-refractivity contribution in [1.82, 2.24) is 25.1 Å². The van der Waals surface area contributed by atoms with Crippen molar-refractivity contribution in [2.45, 2.75) is 38.3 Å². The molecule has 1 atom stereocenters. The zero-order chi connectivity index (χ0) is 20.1. The maximum absolute atomic E-state index is 13.0. The monoisotopic (exact) mass is 398 g/mol. The van der Waals surface area contributed by atoms with E-state index >= 15 is 0 Å². The van der Waals surface area contributed by atoms with Gasteiger partial charge in [-0.05, 0) is 42.7 Å². The number of anilines is 1. The number of hydrogen-bond acceptors (Lipinski definition) is 6. The summed E-state index contributed by atoms with van der Waals surface area (Å²) in [5.41, 5.74) is 1.56. The lowest BCUT2D eigenvalue weighted by Gasteiger charge is -2.10. The molecule has 4 rings (SSSR count). The molecule has 0 unspecified atom stereocenters. The second-order valence-corrected chi connectivity index (χ2v) is 7.02. The number of rotatable bonds is 8. The third-order valence-corrected chi connectivity index (χ3v) is 4.84. The van der Waals surface area contributed by atoms with Crippen LogP contribution in [-0.2, 0) is 22.5 Å². The van der Waals surface area contributed by atoms with Crippen LogP contribution in [-0.4, -0.2) is 45.0 Å². The summed E-state index contributed by atoms with van der Waals surface area (Å²) < 4.78 is 20.2. The van der Waals surface area contributed by atoms with Gasteiger partial charge in [0, 0.05) is 32.5 Å². The van der Waals surface area contributed by atoms with Crippen molar-refractivity contribution in [3.8, 4) is 0 Å². The highest BCUT2D eigenvalue weighted by Crippen LogP contribution is 2.12. The maximum atomic E-state index is 13.0. The number of aromatic nitrogens is 4. The van der Waals surface area contributed by atoms with E-state index in [1.54, 1.807) is 16.6 Å². The third-order valence-electron chi connectivity index (χ3n) is 4.84. The van der Waals surface area contributed by atoms with Crippen LogP contribution in [0.4, 0.5) is 10.2 Å². The number of fused-ring (bicyclic) bond motifs is 1. The molecule has 0 spiro atoms. The van der Waals surface area contributed by atoms with Crippen LogP contribution in [0.5, 0.6) is 0 Å². The van der Waals surface area contributed by atoms with E-state index in [2.05, 4.69) is 25.9 Å². The van der Waals surface area contributed by atoms with Crippen molar-refractivity contribution in [3.05, 3.63) is 53.6 Å². The third kappa shape index (κ3) is 5.05. The van der Waals surface area contributed by atoms with Gasteiger partial charge in [-0.1, -0.05) is 12.1 Å². The van der Waals surface area contributed by atoms with Crippen molar-refractivity contribution in [2.75, 3.05) is 18.5 Å². The number of carbonyl (C=O) groups is 1. The summed E-state index contributed by atoms with van der Waals surface area (Å²) >= 11 is 0. The van der Waals surface area contributed by atoms with Crippen LogP contribution in [0.15, 0.2) is 36.4 Å². The van der Waals surface area contributed by atoms with Crippen molar-refractivity contribution in [3.63, 3.8) is 0 Å². The molecule has 3 aromatic rings. The number of hydrogen-bond donors (Lipinski definition) is 2. The predicted molar refractivity (Wildman–Crippen MR) is 105 cm³/mol. The molecule has 1 aromatic carbocycles. The smallest absolute Gasteiger partial charge is 0.220 e. The van der Waals surface area contributed by atoms with Crippen molar-refractivity contribution in [1.29, 1.82) is 0 Å². The molecule has 9 heteroatoms. The van der Waals surface area contributed by atoms with Gasteiger partial charge in [-0.25, -0.2) is 4.39 Å². The Morgan fingerprint density at radius 1 is 1.21 bits per heavy atom. The quantitative estimate of drug-likeness (QED) is 0.604. The van der Waals surface area contributed by atoms with Gasteiger partial charge in [0.05, 0.1) is 6.10 Å². The van der Waals surface area contributed by atoms with Crippen LogP contribution < -0.4 is 10.6 Å². The zero-order valence-corrected chi connectivity index (χ0v) is 16.0. The largest absolute Gasteiger partial charge is 0.376 e. The minimum atomic E-state index is -0.262. The number of amides is 1. The number of ether oxygens (including phenoxy) is 1. The topological polar surface area (TPSA) is 93.4 Å². The number of benzene rings is 1. The minimum Gasteiger partial charge on any atom is -0.376 e. The summed E-state index contributed by atoms with van der Waals surface area (Å²) in [5, 5.41) is 18.9. The summed E-state index contributed by atoms with van der Waals surface area (Å²) in [6, 6.07) is 9.92. The highest BCUT2D eigenvalue weighted by atomic mass is 19.1. The first-order valence-electron chi connectivity index (χ1n) is 9.75. The second-order valence-electron chi connectivity index (χ2n) is 7.02. The molecule has 2 aromatic heterocycles. The lowest BCUT2D eigenvalue weighted by molar-refractivity contribution is -0.121. The highest BCUT2D eigenvalue weighted by molar-refractivity contribution is 5.76. The Hall–Kier alpha value is -3.07. The Kier molecular flexibility index (Phi) is 5.95. The van der Waals surface area contributed by atoms with Crippen molar-refractivity contribution >= 4 is 17.4 Å². The molecule has 0 saturated carbocycles. The fourth-order valence-electron chi connectivity index (χ4n) is 3.23. The summed E-state index contributed by atoms with van der Waals surface area (Å²) in [5.74, 6) is 0.966. The predicted octanol–water partition coefficient (Wildman–Crippen LogP) is 2.10. The van der Waals surface area contributed by atoms with Gasteiger partial charge in [-0.15, -0.1) is 15.3 Å². The number of halogens is 1. The molecule has 1 fully saturated rings. The molecule has 2 N–H and O–H groups in total. The molecule has 152 valence electrons. The molecule has 1 saturated heterocycles. The second kappa shape index (κ2) is 8.95. The van der Waals surface area contributed by atoms with E-state index in [0.29, 0.717) is 43.2 Å². The summed E-state index contributed by atoms with van der Waals surface area (Å²) in [4.78, 5) is 12.1. The lowest BCUT2D eigenvalue weighted by Crippen LogP contribution is -2.32. The summed E-state index contributed by atoms with van der Waals surface area (Å²) in [6.45, 7) is 1.84. The minimum absolute atomic E-state index is 0.0390. The molecule has 1 aliphatic rings. The fourth-order valence-corrected chi connectivity index (χ4v) is 3.23. The van der Waals surface area contributed by atoms with E-state index in [9.17, 15) is 9.18 Å². The van der Waals surface area contributed by atoms with Gasteiger partial charge < -0.3 is 15.4 Å². The first-order valence-corrected chi connectivity index (χ1v) is 9.75. The summed E-state index contributed by atoms with van der Waals surface area (Å²) in [7, 11) is 0. The average Bonchev–Trinajstić information content (AvgIpc) is 3.40. The number of carbonyl (C=O) groups excluding carboxylic acids is 1. The van der Waals surface area contributed by atoms with Crippen LogP contribution in [0.1, 0.15) is 30.7 Å². The van der Waals surface area contributed by atoms with E-state index in [-0.39, 0.29) is 17.8 Å². The molecule has 1 aliphatic heterocycles. The van der Waals surface area contributed by atoms with Gasteiger partial charge in [-0.2, -0.15) is 4.52 Å². The lowest BCUT2D eigenvalue weighted by atomic mass is 10.2. The van der Waals surface area contributed by atoms with Crippen molar-refractivity contribution in [2.24, 2.45) is 0 Å². The van der Waals surface area contributed by atoms with Crippen LogP contribution >= 0.6 is 0 Å². The van der Waals surface area contributed by atoms with E-state index < -0.39 is 0 Å². The number of nitrogens with zero attached hydrogens (tertiary/aromatic N) is 4. The van der Waals surface area contributed by atoms with Gasteiger partial charge in [0.25, 0.3) is 0 Å². The molecule has 1 amide bonds. The first kappa shape index (κ1) is 19.3. The molecule has 0 radical (unpaired) electrons. The Morgan fingerprint density at radius 3 is 2.86 bits per heavy atom. The molecule has 0 aliphatic carbocycles. The fraction of sp³-hybridized carbons (Fsp3) is 0.400. The average molecular weight is 398 g/mol. The number of aryl methyl sites for hydroxylation is 1. The van der Waals surface area contributed by atoms with Crippen LogP contribution in [0.2, 0.25) is 0 Å². The maximum Gasteiger partial charge on any atom is 0.220 e. The van der Waals surface area contributed by atoms with Gasteiger partial charge >= 0.3 is 0 Å². The molecule has 0 bridgehead atoms. The van der Waals surface area contributed by atoms with E-state index in [1.165, 1.54) is 12.1 Å². The zero-order valence-electron chi connectivity index (χ0n) is 16.0. The van der Waals surface area contributed by atoms with Crippen LogP contribution in [0, 0.1) is 5.82 Å². The van der Waals surface area contributed by atoms with Crippen LogP contribution in [0.3, 0.4) is 0 Å². The first-order chi connectivity index (χ1) is 14.2. The van der Waals surface area contributed by atoms with Crippen LogP contribution in [0.25, 0.3) is 5.65 Å². The van der Waals surface area contributed by atoms with Gasteiger partial charge in [0.15, 0.2) is 11.5 Å². The highest BCUT2D eigenvalue weighted by Gasteiger charge is 2.16. The van der Waals surface area contributed by atoms with E-state index in [4.69, 9.17) is 4.74 Å². The van der Waals surface area contributed by atoms with E-state index in [0.717, 1.165) is 25.0 Å². The molecule has 3 heterocycles. The normalized spacial score (nSPS) is 16.2. The van der Waals surface area contributed by atoms with Gasteiger partial charge in [0.1, 0.15) is 11.6 Å².